The Hall–Kier alpha value is -0.273. The highest BCUT2D eigenvalue weighted by molar-refractivity contribution is 6.74. The zero-order valence-corrected chi connectivity index (χ0v) is 14.5. The molecule has 0 radical (unpaired) electrons. The Kier molecular flexibility index (Phi) is 3.93. The first kappa shape index (κ1) is 16.1. The number of ketones is 1. The molecule has 0 unspecified atom stereocenters. The van der Waals surface area contributed by atoms with Crippen molar-refractivity contribution in [2.24, 2.45) is 0 Å². The van der Waals surface area contributed by atoms with Gasteiger partial charge in [0, 0.05) is 0 Å². The largest absolute Gasteiger partial charge is 0.414 e. The third kappa shape index (κ3) is 2.99. The van der Waals surface area contributed by atoms with Crippen LogP contribution in [0.4, 0.5) is 0 Å². The lowest BCUT2D eigenvalue weighted by Crippen LogP contribution is -2.44. The van der Waals surface area contributed by atoms with Gasteiger partial charge >= 0.3 is 0 Å². The van der Waals surface area contributed by atoms with Gasteiger partial charge in [0.2, 0.25) is 0 Å². The Morgan fingerprint density at radius 2 is 1.85 bits per heavy atom. The van der Waals surface area contributed by atoms with Crippen LogP contribution in [0.25, 0.3) is 0 Å². The molecule has 0 saturated carbocycles. The van der Waals surface area contributed by atoms with Crippen LogP contribution in [-0.2, 0) is 23.4 Å². The van der Waals surface area contributed by atoms with E-state index in [1.165, 1.54) is 0 Å². The monoisotopic (exact) mass is 302 g/mol. The average Bonchev–Trinajstić information content (AvgIpc) is 2.69. The molecule has 116 valence electrons. The molecule has 0 aliphatic carbocycles. The van der Waals surface area contributed by atoms with Gasteiger partial charge < -0.3 is 18.6 Å². The minimum atomic E-state index is -1.88. The van der Waals surface area contributed by atoms with Crippen molar-refractivity contribution in [3.8, 4) is 0 Å². The number of fused-ring (bicyclic) bond motifs is 1. The van der Waals surface area contributed by atoms with E-state index in [0.717, 1.165) is 0 Å². The van der Waals surface area contributed by atoms with Crippen LogP contribution in [0.1, 0.15) is 34.6 Å². The predicted octanol–water partition coefficient (Wildman–Crippen LogP) is 2.45. The first-order valence-electron chi connectivity index (χ1n) is 7.12. The molecule has 20 heavy (non-hydrogen) atoms. The van der Waals surface area contributed by atoms with Gasteiger partial charge in [-0.1, -0.05) is 20.8 Å². The molecule has 0 bridgehead atoms. The molecule has 0 amide bonds. The fraction of sp³-hybridized carbons (Fsp3) is 0.929. The molecule has 0 aromatic heterocycles. The minimum absolute atomic E-state index is 0.0701. The zero-order chi connectivity index (χ0) is 15.3. The van der Waals surface area contributed by atoms with Crippen LogP contribution >= 0.6 is 0 Å². The van der Waals surface area contributed by atoms with Crippen LogP contribution in [0.2, 0.25) is 18.1 Å². The van der Waals surface area contributed by atoms with Gasteiger partial charge in [0.25, 0.3) is 0 Å². The Bertz CT molecular complexity index is 399. The average molecular weight is 302 g/mol. The molecule has 2 fully saturated rings. The summed E-state index contributed by atoms with van der Waals surface area (Å²) in [4.78, 5) is 12.2. The van der Waals surface area contributed by atoms with E-state index >= 15 is 0 Å². The van der Waals surface area contributed by atoms with Crippen LogP contribution in [0.15, 0.2) is 0 Å². The quantitative estimate of drug-likeness (QED) is 0.750. The molecule has 2 saturated heterocycles. The van der Waals surface area contributed by atoms with Crippen molar-refractivity contribution in [1.82, 2.24) is 0 Å². The summed E-state index contributed by atoms with van der Waals surface area (Å²) in [6.45, 7) is 14.7. The van der Waals surface area contributed by atoms with E-state index in [2.05, 4.69) is 33.9 Å². The Balaban J connectivity index is 1.93. The van der Waals surface area contributed by atoms with Crippen molar-refractivity contribution in [2.45, 2.75) is 77.0 Å². The first-order valence-corrected chi connectivity index (χ1v) is 10.0. The van der Waals surface area contributed by atoms with Crippen LogP contribution in [-0.4, -0.2) is 45.0 Å². The van der Waals surface area contributed by atoms with Gasteiger partial charge in [-0.25, -0.2) is 0 Å². The molecule has 0 spiro atoms. The van der Waals surface area contributed by atoms with E-state index in [0.29, 0.717) is 0 Å². The first-order chi connectivity index (χ1) is 8.93. The van der Waals surface area contributed by atoms with Crippen LogP contribution in [0.3, 0.4) is 0 Å². The highest BCUT2D eigenvalue weighted by Crippen LogP contribution is 2.38. The van der Waals surface area contributed by atoms with Crippen molar-refractivity contribution in [1.29, 1.82) is 0 Å². The lowest BCUT2D eigenvalue weighted by atomic mass is 10.2. The number of ether oxygens (including phenoxy) is 3. The summed E-state index contributed by atoms with van der Waals surface area (Å²) in [7, 11) is -1.88. The lowest BCUT2D eigenvalue weighted by molar-refractivity contribution is -0.206. The van der Waals surface area contributed by atoms with E-state index in [4.69, 9.17) is 18.6 Å². The number of hydrogen-bond donors (Lipinski definition) is 0. The molecular formula is C14H26O5Si. The summed E-state index contributed by atoms with van der Waals surface area (Å²) in [5.74, 6) is -0.824. The predicted molar refractivity (Wildman–Crippen MR) is 76.9 cm³/mol. The molecule has 6 heteroatoms. The number of rotatable bonds is 3. The van der Waals surface area contributed by atoms with E-state index in [1.807, 2.05) is 0 Å². The Morgan fingerprint density at radius 3 is 2.35 bits per heavy atom. The van der Waals surface area contributed by atoms with Crippen LogP contribution in [0, 0.1) is 0 Å². The molecule has 0 N–H and O–H groups in total. The van der Waals surface area contributed by atoms with E-state index in [9.17, 15) is 4.79 Å². The Morgan fingerprint density at radius 1 is 1.25 bits per heavy atom. The number of hydrogen-bond acceptors (Lipinski definition) is 5. The van der Waals surface area contributed by atoms with Gasteiger partial charge in [0.1, 0.15) is 6.10 Å². The molecule has 2 rings (SSSR count). The van der Waals surface area contributed by atoms with Crippen molar-refractivity contribution in [2.75, 3.05) is 6.61 Å². The third-order valence-electron chi connectivity index (χ3n) is 4.36. The standard InChI is InChI=1S/C14H26O5Si/c1-13(2,3)20(6,7)16-8-9-10(15)11-12(17-9)19-14(4,5)18-11/h9,11-12H,8H2,1-7H3/t9-,11-,12+/m1/s1. The zero-order valence-electron chi connectivity index (χ0n) is 13.5. The molecule has 0 aromatic carbocycles. The molecule has 2 aliphatic heterocycles. The summed E-state index contributed by atoms with van der Waals surface area (Å²) in [6.07, 6.45) is -1.78. The molecule has 3 atom stereocenters. The summed E-state index contributed by atoms with van der Waals surface area (Å²) >= 11 is 0. The lowest BCUT2D eigenvalue weighted by Gasteiger charge is -2.36. The van der Waals surface area contributed by atoms with E-state index in [1.54, 1.807) is 13.8 Å². The van der Waals surface area contributed by atoms with E-state index < -0.39 is 32.6 Å². The van der Waals surface area contributed by atoms with Gasteiger partial charge in [-0.3, -0.25) is 4.79 Å². The van der Waals surface area contributed by atoms with Crippen LogP contribution < -0.4 is 0 Å². The van der Waals surface area contributed by atoms with Crippen LogP contribution in [0.5, 0.6) is 0 Å². The maximum atomic E-state index is 12.2. The van der Waals surface area contributed by atoms with Crippen molar-refractivity contribution in [3.05, 3.63) is 0 Å². The molecule has 2 heterocycles. The second-order valence-corrected chi connectivity index (χ2v) is 12.3. The third-order valence-corrected chi connectivity index (χ3v) is 8.86. The fourth-order valence-electron chi connectivity index (χ4n) is 2.06. The second kappa shape index (κ2) is 4.88. The molecule has 5 nitrogen and oxygen atoms in total. The Labute approximate surface area is 122 Å². The SMILES string of the molecule is CC1(C)O[C@@H]2O[C@H](CO[Si](C)(C)C(C)(C)C)C(=O)[C@H]2O1. The topological polar surface area (TPSA) is 54.0 Å². The molecule has 2 aliphatic rings. The number of carbonyl (C=O) groups is 1. The number of Topliss-reactive ketones (excluding diaryl/α,β-unsaturated/α-hetero) is 1. The molecular weight excluding hydrogens is 276 g/mol. The van der Waals surface area contributed by atoms with Gasteiger partial charge in [0.15, 0.2) is 32.3 Å². The smallest absolute Gasteiger partial charge is 0.197 e. The van der Waals surface area contributed by atoms with E-state index in [-0.39, 0.29) is 17.4 Å². The second-order valence-electron chi connectivity index (χ2n) is 7.52. The highest BCUT2D eigenvalue weighted by Gasteiger charge is 2.54. The maximum absolute atomic E-state index is 12.2. The van der Waals surface area contributed by atoms with Gasteiger partial charge in [0.05, 0.1) is 6.61 Å². The fourth-order valence-corrected chi connectivity index (χ4v) is 3.06. The van der Waals surface area contributed by atoms with Gasteiger partial charge in [-0.15, -0.1) is 0 Å². The van der Waals surface area contributed by atoms with Crippen molar-refractivity contribution < 1.29 is 23.4 Å². The maximum Gasteiger partial charge on any atom is 0.197 e. The normalized spacial score (nSPS) is 33.5. The summed E-state index contributed by atoms with van der Waals surface area (Å²) in [5, 5.41) is 0.111. The highest BCUT2D eigenvalue weighted by atomic mass is 28.4. The van der Waals surface area contributed by atoms with Crippen molar-refractivity contribution >= 4 is 14.1 Å². The summed E-state index contributed by atoms with van der Waals surface area (Å²) < 4.78 is 22.8. The van der Waals surface area contributed by atoms with Gasteiger partial charge in [-0.2, -0.15) is 0 Å². The minimum Gasteiger partial charge on any atom is -0.414 e. The van der Waals surface area contributed by atoms with Crippen molar-refractivity contribution in [3.63, 3.8) is 0 Å². The summed E-state index contributed by atoms with van der Waals surface area (Å²) in [6, 6.07) is 0. The van der Waals surface area contributed by atoms with Gasteiger partial charge in [-0.05, 0) is 32.0 Å². The molecule has 0 aromatic rings. The number of carbonyl (C=O) groups excluding carboxylic acids is 1. The summed E-state index contributed by atoms with van der Waals surface area (Å²) in [5.41, 5.74) is 0.